The Hall–Kier alpha value is -2.61. The lowest BCUT2D eigenvalue weighted by Gasteiger charge is -2.01. The smallest absolute Gasteiger partial charge is 0.336 e. The molecule has 0 atom stereocenters. The molecular formula is C10H12N5O3+. The maximum atomic E-state index is 9.09. The van der Waals surface area contributed by atoms with Gasteiger partial charge in [-0.25, -0.2) is 14.8 Å². The van der Waals surface area contributed by atoms with E-state index in [-0.39, 0.29) is 17.3 Å². The Labute approximate surface area is 102 Å². The van der Waals surface area contributed by atoms with E-state index < -0.39 is 0 Å². The first-order valence-electron chi connectivity index (χ1n) is 5.01. The Balaban J connectivity index is 2.44. The Bertz CT molecular complexity index is 566. The van der Waals surface area contributed by atoms with Gasteiger partial charge in [0.25, 0.3) is 0 Å². The molecule has 1 heterocycles. The lowest BCUT2D eigenvalue weighted by atomic mass is 10.3. The van der Waals surface area contributed by atoms with Gasteiger partial charge in [0, 0.05) is 0 Å². The second kappa shape index (κ2) is 5.15. The van der Waals surface area contributed by atoms with Gasteiger partial charge in [-0.2, -0.15) is 0 Å². The van der Waals surface area contributed by atoms with E-state index in [2.05, 4.69) is 19.9 Å². The third-order valence-electron chi connectivity index (χ3n) is 2.23. The number of nitrogens with two attached hydrogens (primary N) is 1. The van der Waals surface area contributed by atoms with Gasteiger partial charge in [-0.3, -0.25) is 0 Å². The normalized spacial score (nSPS) is 11.3. The molecule has 18 heavy (non-hydrogen) atoms. The number of amidine groups is 1. The van der Waals surface area contributed by atoms with Crippen molar-refractivity contribution in [3.8, 4) is 5.75 Å². The van der Waals surface area contributed by atoms with Gasteiger partial charge >= 0.3 is 5.84 Å². The highest BCUT2D eigenvalue weighted by Gasteiger charge is 2.20. The summed E-state index contributed by atoms with van der Waals surface area (Å²) < 4.78 is 9.62. The minimum absolute atomic E-state index is 0.0500. The molecule has 8 nitrogen and oxygen atoms in total. The lowest BCUT2D eigenvalue weighted by molar-refractivity contribution is -0.360. The van der Waals surface area contributed by atoms with Crippen LogP contribution in [0.15, 0.2) is 28.9 Å². The fourth-order valence-electron chi connectivity index (χ4n) is 1.39. The second-order valence-corrected chi connectivity index (χ2v) is 3.31. The highest BCUT2D eigenvalue weighted by molar-refractivity contribution is 5.95. The molecule has 2 aromatic rings. The molecule has 0 aliphatic rings. The molecule has 0 aliphatic heterocycles. The number of ether oxygens (including phenoxy) is 1. The average molecular weight is 250 g/mol. The van der Waals surface area contributed by atoms with Crippen LogP contribution in [-0.2, 0) is 0 Å². The van der Waals surface area contributed by atoms with Crippen molar-refractivity contribution in [1.29, 1.82) is 0 Å². The zero-order valence-corrected chi connectivity index (χ0v) is 9.54. The number of hydrogen-bond acceptors (Lipinski definition) is 6. The summed E-state index contributed by atoms with van der Waals surface area (Å²) >= 11 is 0. The monoisotopic (exact) mass is 250 g/mol. The van der Waals surface area contributed by atoms with Gasteiger partial charge in [-0.15, -0.1) is 5.48 Å². The first-order valence-corrected chi connectivity index (χ1v) is 5.01. The fourth-order valence-corrected chi connectivity index (χ4v) is 1.39. The molecule has 0 fully saturated rings. The van der Waals surface area contributed by atoms with Crippen molar-refractivity contribution in [2.75, 3.05) is 12.8 Å². The number of anilines is 1. The van der Waals surface area contributed by atoms with Crippen LogP contribution in [-0.4, -0.2) is 28.5 Å². The molecule has 5 N–H and O–H groups in total. The van der Waals surface area contributed by atoms with Crippen LogP contribution in [0.2, 0.25) is 0 Å². The van der Waals surface area contributed by atoms with Crippen molar-refractivity contribution >= 4 is 17.3 Å². The molecule has 8 heteroatoms. The molecule has 0 unspecified atom stereocenters. The molecule has 0 spiro atoms. The molecule has 0 amide bonds. The molecule has 2 rings (SSSR count). The zero-order valence-electron chi connectivity index (χ0n) is 9.54. The number of nitrogens with zero attached hydrogens (tertiary/aromatic N) is 2. The van der Waals surface area contributed by atoms with Crippen LogP contribution in [0.4, 0.5) is 11.5 Å². The maximum Gasteiger partial charge on any atom is 0.336 e. The summed E-state index contributed by atoms with van der Waals surface area (Å²) in [4.78, 5) is 2.88. The SMILES string of the molecule is COc1ccccc1[NH+]=C(NO)c1nonc1N. The van der Waals surface area contributed by atoms with Crippen LogP contribution in [0.1, 0.15) is 5.69 Å². The molecule has 0 saturated heterocycles. The number of nitrogens with one attached hydrogen (secondary N) is 2. The number of aromatic nitrogens is 2. The number of hydroxylamine groups is 1. The van der Waals surface area contributed by atoms with Crippen molar-refractivity contribution < 1.29 is 19.6 Å². The van der Waals surface area contributed by atoms with E-state index in [0.717, 1.165) is 0 Å². The number of hydrogen-bond donors (Lipinski definition) is 4. The zero-order chi connectivity index (χ0) is 13.0. The Morgan fingerprint density at radius 1 is 1.44 bits per heavy atom. The number of rotatable bonds is 3. The largest absolute Gasteiger partial charge is 0.492 e. The van der Waals surface area contributed by atoms with E-state index in [1.54, 1.807) is 19.2 Å². The first-order chi connectivity index (χ1) is 8.76. The van der Waals surface area contributed by atoms with Crippen LogP contribution >= 0.6 is 0 Å². The van der Waals surface area contributed by atoms with Crippen LogP contribution in [0.25, 0.3) is 0 Å². The molecular weight excluding hydrogens is 238 g/mol. The minimum Gasteiger partial charge on any atom is -0.492 e. The quantitative estimate of drug-likeness (QED) is 0.306. The summed E-state index contributed by atoms with van der Waals surface area (Å²) in [7, 11) is 1.54. The van der Waals surface area contributed by atoms with Crippen molar-refractivity contribution in [2.24, 2.45) is 0 Å². The second-order valence-electron chi connectivity index (χ2n) is 3.31. The maximum absolute atomic E-state index is 9.09. The topological polar surface area (TPSA) is 120 Å². The van der Waals surface area contributed by atoms with E-state index >= 15 is 0 Å². The molecule has 0 saturated carbocycles. The molecule has 1 aromatic carbocycles. The van der Waals surface area contributed by atoms with E-state index in [1.165, 1.54) is 0 Å². The van der Waals surface area contributed by atoms with Crippen LogP contribution in [0.3, 0.4) is 0 Å². The van der Waals surface area contributed by atoms with Crippen molar-refractivity contribution in [3.63, 3.8) is 0 Å². The van der Waals surface area contributed by atoms with Gasteiger partial charge in [0.2, 0.25) is 11.5 Å². The van der Waals surface area contributed by atoms with E-state index in [0.29, 0.717) is 11.4 Å². The molecule has 1 aromatic heterocycles. The summed E-state index contributed by atoms with van der Waals surface area (Å²) in [6.45, 7) is 0. The lowest BCUT2D eigenvalue weighted by Crippen LogP contribution is -2.70. The summed E-state index contributed by atoms with van der Waals surface area (Å²) in [5, 5.41) is 16.1. The van der Waals surface area contributed by atoms with Crippen molar-refractivity contribution in [2.45, 2.75) is 0 Å². The number of para-hydroxylation sites is 2. The number of benzene rings is 1. The van der Waals surface area contributed by atoms with E-state index in [1.807, 2.05) is 17.6 Å². The number of methoxy groups -OCH3 is 1. The van der Waals surface area contributed by atoms with Gasteiger partial charge in [0.1, 0.15) is 0 Å². The minimum atomic E-state index is 0.0500. The van der Waals surface area contributed by atoms with Gasteiger partial charge in [0.05, 0.1) is 7.11 Å². The summed E-state index contributed by atoms with van der Waals surface area (Å²) in [6, 6.07) is 7.16. The standard InChI is InChI=1S/C10H11N5O3/c1-17-7-5-3-2-4-6(7)12-10(13-16)8-9(11)15-18-14-8/h2-5,16H,1H3,(H2,11,15)(H,12,13)/p+1. The van der Waals surface area contributed by atoms with E-state index in [9.17, 15) is 0 Å². The van der Waals surface area contributed by atoms with Crippen LogP contribution < -0.4 is 20.9 Å². The summed E-state index contributed by atoms with van der Waals surface area (Å²) in [5.74, 6) is 0.785. The third kappa shape index (κ3) is 2.23. The average Bonchev–Trinajstić information content (AvgIpc) is 2.82. The van der Waals surface area contributed by atoms with Gasteiger partial charge in [-0.05, 0) is 22.4 Å². The molecule has 0 bridgehead atoms. The summed E-state index contributed by atoms with van der Waals surface area (Å²) in [6.07, 6.45) is 0. The fraction of sp³-hybridized carbons (Fsp3) is 0.100. The molecule has 0 aliphatic carbocycles. The highest BCUT2D eigenvalue weighted by Crippen LogP contribution is 2.17. The molecule has 0 radical (unpaired) electrons. The summed E-state index contributed by atoms with van der Waals surface area (Å²) in [5.41, 5.74) is 8.28. The predicted octanol–water partition coefficient (Wildman–Crippen LogP) is -1.20. The third-order valence-corrected chi connectivity index (χ3v) is 2.23. The first kappa shape index (κ1) is 11.9. The van der Waals surface area contributed by atoms with E-state index in [4.69, 9.17) is 15.7 Å². The van der Waals surface area contributed by atoms with Crippen LogP contribution in [0.5, 0.6) is 5.75 Å². The Morgan fingerprint density at radius 2 is 2.22 bits per heavy atom. The predicted molar refractivity (Wildman–Crippen MR) is 61.4 cm³/mol. The van der Waals surface area contributed by atoms with Crippen molar-refractivity contribution in [1.82, 2.24) is 15.8 Å². The van der Waals surface area contributed by atoms with Crippen molar-refractivity contribution in [3.05, 3.63) is 30.0 Å². The Kier molecular flexibility index (Phi) is 3.39. The van der Waals surface area contributed by atoms with Gasteiger partial charge < -0.3 is 10.5 Å². The highest BCUT2D eigenvalue weighted by atomic mass is 16.6. The Morgan fingerprint density at radius 3 is 2.83 bits per heavy atom. The molecule has 94 valence electrons. The van der Waals surface area contributed by atoms with Crippen LogP contribution in [0, 0.1) is 0 Å². The van der Waals surface area contributed by atoms with Gasteiger partial charge in [-0.1, -0.05) is 12.1 Å². The van der Waals surface area contributed by atoms with Gasteiger partial charge in [0.15, 0.2) is 11.4 Å². The number of nitrogen functional groups attached to an aromatic ring is 1.